The number of aromatic amines is 1. The van der Waals surface area contributed by atoms with Crippen LogP contribution >= 0.6 is 0 Å². The third-order valence-electron chi connectivity index (χ3n) is 5.66. The molecule has 0 unspecified atom stereocenters. The van der Waals surface area contributed by atoms with Crippen LogP contribution < -0.4 is 5.32 Å². The Hall–Kier alpha value is -3.09. The maximum absolute atomic E-state index is 14.3. The average molecular weight is 470 g/mol. The highest BCUT2D eigenvalue weighted by atomic mass is 19.1. The minimum absolute atomic E-state index is 0.326. The van der Waals surface area contributed by atoms with Crippen LogP contribution in [0.2, 0.25) is 0 Å². The molecule has 4 rings (SSSR count). The Morgan fingerprint density at radius 3 is 2.24 bits per heavy atom. The lowest BCUT2D eigenvalue weighted by atomic mass is 10.0. The molecule has 0 radical (unpaired) electrons. The molecule has 0 saturated carbocycles. The second-order valence-corrected chi connectivity index (χ2v) is 8.57. The van der Waals surface area contributed by atoms with Crippen molar-refractivity contribution in [1.29, 1.82) is 0 Å². The second-order valence-electron chi connectivity index (χ2n) is 8.57. The first-order chi connectivity index (χ1) is 16.3. The molecule has 0 aliphatic carbocycles. The molecule has 0 saturated heterocycles. The summed E-state index contributed by atoms with van der Waals surface area (Å²) in [4.78, 5) is 9.18. The number of alkyl halides is 1. The van der Waals surface area contributed by atoms with Crippen LogP contribution in [0.4, 0.5) is 20.2 Å². The number of amidine groups is 1. The van der Waals surface area contributed by atoms with Gasteiger partial charge in [-0.3, -0.25) is 14.5 Å². The molecular weight excluding hydrogens is 432 g/mol. The Morgan fingerprint density at radius 2 is 1.62 bits per heavy atom. The van der Waals surface area contributed by atoms with Crippen molar-refractivity contribution in [2.45, 2.75) is 67.2 Å². The fourth-order valence-corrected chi connectivity index (χ4v) is 4.09. The van der Waals surface area contributed by atoms with E-state index in [4.69, 9.17) is 0 Å². The van der Waals surface area contributed by atoms with Crippen LogP contribution in [0.5, 0.6) is 0 Å². The standard InChI is InChI=1S/C18H16FN5.C8H18.CH3F/c1-9-8-13-15(10(2)20-9)21-18(12-6-4-5-7-14(12)19)22-16-11(3)23-24-17(13)16;1-4-6-8(3)7-5-2;1-2/h4-8H,1-3H3,(H,21,22)(H,23,24);8H,4-7H2,1-3H3;1H3. The number of aromatic nitrogens is 3. The van der Waals surface area contributed by atoms with Crippen LogP contribution in [0, 0.1) is 32.5 Å². The highest BCUT2D eigenvalue weighted by molar-refractivity contribution is 6.13. The van der Waals surface area contributed by atoms with Crippen LogP contribution in [-0.4, -0.2) is 28.2 Å². The normalized spacial score (nSPS) is 11.6. The van der Waals surface area contributed by atoms with Gasteiger partial charge in [0, 0.05) is 11.3 Å². The van der Waals surface area contributed by atoms with E-state index >= 15 is 0 Å². The predicted molar refractivity (Wildman–Crippen MR) is 138 cm³/mol. The molecular formula is C27H37F2N5. The van der Waals surface area contributed by atoms with Gasteiger partial charge in [0.15, 0.2) is 0 Å². The fraction of sp³-hybridized carbons (Fsp3) is 0.444. The minimum Gasteiger partial charge on any atom is -0.336 e. The highest BCUT2D eigenvalue weighted by Gasteiger charge is 2.24. The molecule has 0 spiro atoms. The Kier molecular flexibility index (Phi) is 10.4. The molecule has 5 nitrogen and oxygen atoms in total. The molecule has 3 aromatic rings. The summed E-state index contributed by atoms with van der Waals surface area (Å²) < 4.78 is 23.8. The van der Waals surface area contributed by atoms with Gasteiger partial charge in [-0.2, -0.15) is 5.10 Å². The van der Waals surface area contributed by atoms with Crippen LogP contribution in [0.3, 0.4) is 0 Å². The first kappa shape index (κ1) is 27.2. The Morgan fingerprint density at radius 1 is 0.971 bits per heavy atom. The summed E-state index contributed by atoms with van der Waals surface area (Å²) in [5.74, 6) is 1.09. The molecule has 2 N–H and O–H groups in total. The van der Waals surface area contributed by atoms with Crippen molar-refractivity contribution in [1.82, 2.24) is 15.2 Å². The molecule has 2 aromatic heterocycles. The number of hydrogen-bond donors (Lipinski definition) is 2. The summed E-state index contributed by atoms with van der Waals surface area (Å²) in [7, 11) is 0.500. The molecule has 0 amide bonds. The maximum atomic E-state index is 14.3. The Labute approximate surface area is 202 Å². The second kappa shape index (κ2) is 13.0. The molecule has 7 heteroatoms. The summed E-state index contributed by atoms with van der Waals surface area (Å²) >= 11 is 0. The predicted octanol–water partition coefficient (Wildman–Crippen LogP) is 7.85. The smallest absolute Gasteiger partial charge is 0.141 e. The molecule has 3 heterocycles. The molecule has 1 aliphatic rings. The van der Waals surface area contributed by atoms with Crippen molar-refractivity contribution in [2.24, 2.45) is 10.9 Å². The third-order valence-corrected chi connectivity index (χ3v) is 5.66. The van der Waals surface area contributed by atoms with E-state index in [0.29, 0.717) is 24.3 Å². The van der Waals surface area contributed by atoms with Gasteiger partial charge in [-0.1, -0.05) is 58.6 Å². The number of H-pyrrole nitrogens is 1. The van der Waals surface area contributed by atoms with Crippen molar-refractivity contribution >= 4 is 17.2 Å². The number of pyridine rings is 1. The van der Waals surface area contributed by atoms with Crippen molar-refractivity contribution in [3.8, 4) is 11.3 Å². The third kappa shape index (κ3) is 6.49. The van der Waals surface area contributed by atoms with E-state index in [9.17, 15) is 8.78 Å². The number of nitrogens with one attached hydrogen (secondary N) is 2. The van der Waals surface area contributed by atoms with Gasteiger partial charge < -0.3 is 5.32 Å². The van der Waals surface area contributed by atoms with Gasteiger partial charge in [0.25, 0.3) is 0 Å². The molecule has 184 valence electrons. The van der Waals surface area contributed by atoms with Crippen LogP contribution in [0.25, 0.3) is 11.3 Å². The molecule has 0 atom stereocenters. The molecule has 1 aliphatic heterocycles. The number of hydrogen-bond acceptors (Lipinski definition) is 4. The number of rotatable bonds is 5. The van der Waals surface area contributed by atoms with Gasteiger partial charge in [0.1, 0.15) is 17.3 Å². The number of halogens is 2. The zero-order valence-electron chi connectivity index (χ0n) is 21.4. The van der Waals surface area contributed by atoms with E-state index in [1.807, 2.05) is 26.8 Å². The van der Waals surface area contributed by atoms with E-state index in [2.05, 4.69) is 46.3 Å². The topological polar surface area (TPSA) is 66.0 Å². The number of aliphatic imine (C=N–C) groups is 1. The lowest BCUT2D eigenvalue weighted by Gasteiger charge is -2.09. The number of benzene rings is 1. The Bertz CT molecular complexity index is 1100. The van der Waals surface area contributed by atoms with Crippen molar-refractivity contribution in [3.63, 3.8) is 0 Å². The average Bonchev–Trinajstić information content (AvgIpc) is 3.08. The van der Waals surface area contributed by atoms with Gasteiger partial charge in [0.05, 0.1) is 35.5 Å². The quantitative estimate of drug-likeness (QED) is 0.400. The monoisotopic (exact) mass is 469 g/mol. The van der Waals surface area contributed by atoms with Crippen molar-refractivity contribution in [3.05, 3.63) is 58.8 Å². The number of fused-ring (bicyclic) bond motifs is 3. The van der Waals surface area contributed by atoms with Crippen LogP contribution in [0.15, 0.2) is 35.3 Å². The summed E-state index contributed by atoms with van der Waals surface area (Å²) in [6, 6.07) is 8.54. The highest BCUT2D eigenvalue weighted by Crippen LogP contribution is 2.40. The SMILES string of the molecule is CCCC(C)CCC.CF.Cc1cc2c(c(C)n1)N=C(c1ccccc1F)Nc1c-2n[nH]c1C. The summed E-state index contributed by atoms with van der Waals surface area (Å²) in [6.45, 7) is 12.6. The number of nitrogens with zero attached hydrogens (tertiary/aromatic N) is 3. The first-order valence-electron chi connectivity index (χ1n) is 11.9. The van der Waals surface area contributed by atoms with Crippen molar-refractivity contribution < 1.29 is 8.78 Å². The number of anilines is 1. The van der Waals surface area contributed by atoms with Gasteiger partial charge in [-0.25, -0.2) is 9.38 Å². The lowest BCUT2D eigenvalue weighted by molar-refractivity contribution is 0.480. The van der Waals surface area contributed by atoms with Gasteiger partial charge in [-0.05, 0) is 44.9 Å². The summed E-state index contributed by atoms with van der Waals surface area (Å²) in [5, 5.41) is 10.6. The largest absolute Gasteiger partial charge is 0.336 e. The molecule has 0 fully saturated rings. The van der Waals surface area contributed by atoms with Crippen LogP contribution in [-0.2, 0) is 0 Å². The molecule has 0 bridgehead atoms. The minimum atomic E-state index is -0.326. The fourth-order valence-electron chi connectivity index (χ4n) is 4.09. The van der Waals surface area contributed by atoms with Gasteiger partial charge in [0.2, 0.25) is 0 Å². The zero-order chi connectivity index (χ0) is 25.3. The van der Waals surface area contributed by atoms with E-state index < -0.39 is 0 Å². The zero-order valence-corrected chi connectivity index (χ0v) is 21.4. The molecule has 1 aromatic carbocycles. The van der Waals surface area contributed by atoms with E-state index in [0.717, 1.165) is 39.9 Å². The summed E-state index contributed by atoms with van der Waals surface area (Å²) in [5.41, 5.74) is 6.13. The van der Waals surface area contributed by atoms with Gasteiger partial charge in [-0.15, -0.1) is 0 Å². The lowest BCUT2D eigenvalue weighted by Crippen LogP contribution is -2.15. The van der Waals surface area contributed by atoms with Crippen LogP contribution in [0.1, 0.15) is 69.1 Å². The molecule has 34 heavy (non-hydrogen) atoms. The Balaban J connectivity index is 0.000000350. The number of aryl methyl sites for hydroxylation is 3. The maximum Gasteiger partial charge on any atom is 0.141 e. The summed E-state index contributed by atoms with van der Waals surface area (Å²) in [6.07, 6.45) is 5.52. The van der Waals surface area contributed by atoms with E-state index in [-0.39, 0.29) is 5.82 Å². The first-order valence-corrected chi connectivity index (χ1v) is 11.9. The van der Waals surface area contributed by atoms with E-state index in [1.54, 1.807) is 18.2 Å². The van der Waals surface area contributed by atoms with Crippen molar-refractivity contribution in [2.75, 3.05) is 12.5 Å². The van der Waals surface area contributed by atoms with E-state index in [1.165, 1.54) is 31.7 Å². The van der Waals surface area contributed by atoms with Gasteiger partial charge >= 0.3 is 0 Å².